The lowest BCUT2D eigenvalue weighted by Gasteiger charge is -2.42. The van der Waals surface area contributed by atoms with Crippen molar-refractivity contribution in [2.24, 2.45) is 0 Å². The number of amides is 1. The van der Waals surface area contributed by atoms with Crippen LogP contribution in [0.1, 0.15) is 24.8 Å². The number of benzene rings is 1. The van der Waals surface area contributed by atoms with Gasteiger partial charge in [-0.15, -0.1) is 6.58 Å². The number of nitrogens with one attached hydrogen (secondary N) is 1. The van der Waals surface area contributed by atoms with Crippen LogP contribution in [0.15, 0.2) is 49.1 Å². The summed E-state index contributed by atoms with van der Waals surface area (Å²) in [5, 5.41) is 11.8. The molecule has 1 saturated heterocycles. The molecular weight excluding hydrogens is 320 g/mol. The molecule has 0 unspecified atom stereocenters. The number of hydrogen-bond acceptors (Lipinski definition) is 5. The zero-order valence-corrected chi connectivity index (χ0v) is 14.3. The van der Waals surface area contributed by atoms with Gasteiger partial charge in [-0.2, -0.15) is 0 Å². The van der Waals surface area contributed by atoms with Crippen molar-refractivity contribution in [2.75, 3.05) is 7.11 Å². The highest BCUT2D eigenvalue weighted by molar-refractivity contribution is 5.91. The molecule has 0 spiro atoms. The largest absolute Gasteiger partial charge is 0.468 e. The fraction of sp³-hybridized carbons (Fsp3) is 0.368. The third kappa shape index (κ3) is 5.01. The zero-order valence-electron chi connectivity index (χ0n) is 14.3. The van der Waals surface area contributed by atoms with Crippen molar-refractivity contribution < 1.29 is 19.4 Å². The van der Waals surface area contributed by atoms with Crippen molar-refractivity contribution in [2.45, 2.75) is 37.5 Å². The van der Waals surface area contributed by atoms with E-state index < -0.39 is 24.2 Å². The Morgan fingerprint density at radius 2 is 2.08 bits per heavy atom. The summed E-state index contributed by atoms with van der Waals surface area (Å²) in [4.78, 5) is 24.4. The van der Waals surface area contributed by atoms with Crippen LogP contribution < -0.4 is 5.43 Å². The van der Waals surface area contributed by atoms with Crippen LogP contribution in [-0.2, 0) is 14.3 Å². The maximum atomic E-state index is 12.3. The molecule has 1 aliphatic rings. The summed E-state index contributed by atoms with van der Waals surface area (Å²) in [6.45, 7) is 3.69. The number of ether oxygens (including phenoxy) is 1. The number of hydrazine groups is 1. The van der Waals surface area contributed by atoms with E-state index >= 15 is 0 Å². The number of carbonyl (C=O) groups is 2. The van der Waals surface area contributed by atoms with Gasteiger partial charge in [0.15, 0.2) is 0 Å². The molecule has 2 N–H and O–H groups in total. The van der Waals surface area contributed by atoms with E-state index in [1.807, 2.05) is 30.3 Å². The summed E-state index contributed by atoms with van der Waals surface area (Å²) in [7, 11) is 1.31. The number of hydrogen-bond donors (Lipinski definition) is 2. The van der Waals surface area contributed by atoms with E-state index in [2.05, 4.69) is 12.0 Å². The van der Waals surface area contributed by atoms with E-state index in [0.29, 0.717) is 19.3 Å². The highest BCUT2D eigenvalue weighted by Gasteiger charge is 2.40. The van der Waals surface area contributed by atoms with Crippen LogP contribution in [0.25, 0.3) is 6.08 Å². The van der Waals surface area contributed by atoms with Gasteiger partial charge < -0.3 is 9.84 Å². The molecule has 0 saturated carbocycles. The standard InChI is InChI=1S/C19H24N2O4/c1-3-7-15-17(22)12-11-16(19(24)25-2)21(15)20-18(23)13-10-14-8-5-4-6-9-14/h3-6,8-10,13,15-17,22H,1,7,11-12H2,2H3,(H,20,23)/b13-10+/t15-,16-,17+/m0/s1. The van der Waals surface area contributed by atoms with Crippen LogP contribution in [0.5, 0.6) is 0 Å². The fourth-order valence-electron chi connectivity index (χ4n) is 2.95. The van der Waals surface area contributed by atoms with Gasteiger partial charge in [-0.05, 0) is 30.9 Å². The number of piperidine rings is 1. The molecule has 1 amide bonds. The van der Waals surface area contributed by atoms with Crippen molar-refractivity contribution in [1.82, 2.24) is 10.4 Å². The van der Waals surface area contributed by atoms with Gasteiger partial charge in [-0.1, -0.05) is 36.4 Å². The minimum absolute atomic E-state index is 0.374. The van der Waals surface area contributed by atoms with Gasteiger partial charge in [0.1, 0.15) is 6.04 Å². The van der Waals surface area contributed by atoms with E-state index in [0.717, 1.165) is 5.56 Å². The molecule has 0 radical (unpaired) electrons. The Morgan fingerprint density at radius 3 is 2.72 bits per heavy atom. The van der Waals surface area contributed by atoms with Crippen LogP contribution in [0.2, 0.25) is 0 Å². The second-order valence-electron chi connectivity index (χ2n) is 5.90. The minimum atomic E-state index is -0.655. The first-order chi connectivity index (χ1) is 12.1. The average Bonchev–Trinajstić information content (AvgIpc) is 2.63. The first-order valence-electron chi connectivity index (χ1n) is 8.25. The quantitative estimate of drug-likeness (QED) is 0.466. The average molecular weight is 344 g/mol. The Morgan fingerprint density at radius 1 is 1.36 bits per heavy atom. The van der Waals surface area contributed by atoms with Crippen LogP contribution in [-0.4, -0.2) is 47.3 Å². The van der Waals surface area contributed by atoms with Crippen molar-refractivity contribution in [3.63, 3.8) is 0 Å². The highest BCUT2D eigenvalue weighted by Crippen LogP contribution is 2.25. The maximum absolute atomic E-state index is 12.3. The molecule has 2 rings (SSSR count). The molecule has 1 aromatic carbocycles. The molecule has 0 aromatic heterocycles. The Labute approximate surface area is 147 Å². The van der Waals surface area contributed by atoms with Crippen LogP contribution in [0.4, 0.5) is 0 Å². The summed E-state index contributed by atoms with van der Waals surface area (Å²) in [5.41, 5.74) is 3.61. The Balaban J connectivity index is 2.14. The van der Waals surface area contributed by atoms with Gasteiger partial charge in [-0.25, -0.2) is 5.01 Å². The lowest BCUT2D eigenvalue weighted by molar-refractivity contribution is -0.157. The third-order valence-electron chi connectivity index (χ3n) is 4.22. The van der Waals surface area contributed by atoms with Crippen molar-refractivity contribution in [3.05, 3.63) is 54.6 Å². The SMILES string of the molecule is C=CC[C@H]1[C@H](O)CC[C@@H](C(=O)OC)N1NC(=O)/C=C/c1ccccc1. The second-order valence-corrected chi connectivity index (χ2v) is 5.90. The molecule has 6 heteroatoms. The zero-order chi connectivity index (χ0) is 18.2. The van der Waals surface area contributed by atoms with Gasteiger partial charge in [0.05, 0.1) is 19.3 Å². The predicted octanol–water partition coefficient (Wildman–Crippen LogP) is 1.67. The molecule has 6 nitrogen and oxygen atoms in total. The number of esters is 1. The molecule has 0 bridgehead atoms. The first-order valence-corrected chi connectivity index (χ1v) is 8.25. The monoisotopic (exact) mass is 344 g/mol. The van der Waals surface area contributed by atoms with E-state index in [-0.39, 0.29) is 5.91 Å². The van der Waals surface area contributed by atoms with Gasteiger partial charge in [-0.3, -0.25) is 15.0 Å². The Kier molecular flexibility index (Phi) is 6.91. The summed E-state index contributed by atoms with van der Waals surface area (Å²) in [5.74, 6) is -0.811. The molecule has 1 fully saturated rings. The number of aliphatic hydroxyl groups is 1. The number of carbonyl (C=O) groups excluding carboxylic acids is 2. The summed E-state index contributed by atoms with van der Waals surface area (Å²) < 4.78 is 4.84. The summed E-state index contributed by atoms with van der Waals surface area (Å²) in [6, 6.07) is 8.36. The second kappa shape index (κ2) is 9.15. The van der Waals surface area contributed by atoms with E-state index in [9.17, 15) is 14.7 Å². The Bertz CT molecular complexity index is 630. The van der Waals surface area contributed by atoms with Crippen molar-refractivity contribution in [1.29, 1.82) is 0 Å². The maximum Gasteiger partial charge on any atom is 0.324 e. The van der Waals surface area contributed by atoms with Gasteiger partial charge >= 0.3 is 5.97 Å². The molecule has 1 aromatic rings. The van der Waals surface area contributed by atoms with Crippen LogP contribution in [0, 0.1) is 0 Å². The van der Waals surface area contributed by atoms with E-state index in [1.54, 1.807) is 12.2 Å². The van der Waals surface area contributed by atoms with E-state index in [4.69, 9.17) is 4.74 Å². The van der Waals surface area contributed by atoms with E-state index in [1.165, 1.54) is 18.2 Å². The normalized spacial score (nSPS) is 24.0. The molecule has 3 atom stereocenters. The number of rotatable bonds is 6. The molecule has 25 heavy (non-hydrogen) atoms. The number of aliphatic hydroxyl groups excluding tert-OH is 1. The molecule has 0 aliphatic carbocycles. The highest BCUT2D eigenvalue weighted by atomic mass is 16.5. The molecular formula is C19H24N2O4. The lowest BCUT2D eigenvalue weighted by Crippen LogP contribution is -2.62. The van der Waals surface area contributed by atoms with Gasteiger partial charge in [0, 0.05) is 6.08 Å². The van der Waals surface area contributed by atoms with Crippen molar-refractivity contribution in [3.8, 4) is 0 Å². The smallest absolute Gasteiger partial charge is 0.324 e. The Hall–Kier alpha value is -2.44. The van der Waals surface area contributed by atoms with Crippen molar-refractivity contribution >= 4 is 18.0 Å². The predicted molar refractivity (Wildman–Crippen MR) is 95.1 cm³/mol. The topological polar surface area (TPSA) is 78.9 Å². The van der Waals surface area contributed by atoms with Gasteiger partial charge in [0.25, 0.3) is 5.91 Å². The van der Waals surface area contributed by atoms with Crippen LogP contribution in [0.3, 0.4) is 0 Å². The van der Waals surface area contributed by atoms with Crippen LogP contribution >= 0.6 is 0 Å². The number of methoxy groups -OCH3 is 1. The third-order valence-corrected chi connectivity index (χ3v) is 4.22. The molecule has 1 heterocycles. The lowest BCUT2D eigenvalue weighted by atomic mass is 9.92. The molecule has 1 aliphatic heterocycles. The van der Waals surface area contributed by atoms with Gasteiger partial charge in [0.2, 0.25) is 0 Å². The molecule has 134 valence electrons. The fourth-order valence-corrected chi connectivity index (χ4v) is 2.95. The summed E-state index contributed by atoms with van der Waals surface area (Å²) >= 11 is 0. The minimum Gasteiger partial charge on any atom is -0.468 e. The number of nitrogens with zero attached hydrogens (tertiary/aromatic N) is 1. The first kappa shape index (κ1) is 18.9. The summed E-state index contributed by atoms with van der Waals surface area (Å²) in [6.07, 6.45) is 5.40.